The van der Waals surface area contributed by atoms with Gasteiger partial charge in [0.25, 0.3) is 17.1 Å². The molecule has 5 rings (SSSR count). The van der Waals surface area contributed by atoms with E-state index in [9.17, 15) is 14.4 Å². The Bertz CT molecular complexity index is 1390. The largest absolute Gasteiger partial charge is 0.368 e. The Kier molecular flexibility index (Phi) is 7.55. The second kappa shape index (κ2) is 11.0. The first-order valence-corrected chi connectivity index (χ1v) is 13.3. The smallest absolute Gasteiger partial charge is 0.293 e. The highest BCUT2D eigenvalue weighted by atomic mass is 35.5. The Morgan fingerprint density at radius 3 is 2.22 bits per heavy atom. The van der Waals surface area contributed by atoms with Crippen molar-refractivity contribution in [3.05, 3.63) is 104 Å². The molecular formula is C28H23Cl2N3O3S. The maximum Gasteiger partial charge on any atom is 0.293 e. The van der Waals surface area contributed by atoms with Crippen molar-refractivity contribution in [2.45, 2.75) is 6.54 Å². The minimum Gasteiger partial charge on any atom is -0.368 e. The maximum atomic E-state index is 13.0. The van der Waals surface area contributed by atoms with Gasteiger partial charge >= 0.3 is 0 Å². The van der Waals surface area contributed by atoms with E-state index in [-0.39, 0.29) is 23.6 Å². The van der Waals surface area contributed by atoms with E-state index in [2.05, 4.69) is 4.90 Å². The topological polar surface area (TPSA) is 60.9 Å². The summed E-state index contributed by atoms with van der Waals surface area (Å²) >= 11 is 13.0. The number of rotatable bonds is 5. The molecule has 2 aliphatic rings. The van der Waals surface area contributed by atoms with Crippen molar-refractivity contribution in [2.24, 2.45) is 0 Å². The van der Waals surface area contributed by atoms with Crippen LogP contribution in [0.1, 0.15) is 21.5 Å². The van der Waals surface area contributed by atoms with Gasteiger partial charge in [0.1, 0.15) is 0 Å². The number of halogens is 2. The standard InChI is InChI=1S/C28H23Cl2N3O3S/c29-22-4-1-3-20(15-22)18-33-27(35)25(37-28(33)36)16-19-7-9-21(10-8-19)26(34)32-13-11-31(12-14-32)24-6-2-5-23(30)17-24/h1-10,15-17H,11-14,18H2/b25-16-. The Morgan fingerprint density at radius 2 is 1.54 bits per heavy atom. The van der Waals surface area contributed by atoms with E-state index in [0.717, 1.165) is 41.7 Å². The molecule has 37 heavy (non-hydrogen) atoms. The van der Waals surface area contributed by atoms with Crippen LogP contribution in [0, 0.1) is 0 Å². The zero-order chi connectivity index (χ0) is 25.9. The summed E-state index contributed by atoms with van der Waals surface area (Å²) in [6.07, 6.45) is 1.68. The molecule has 0 spiro atoms. The number of benzene rings is 3. The lowest BCUT2D eigenvalue weighted by Gasteiger charge is -2.36. The maximum absolute atomic E-state index is 13.0. The summed E-state index contributed by atoms with van der Waals surface area (Å²) in [5.41, 5.74) is 3.17. The summed E-state index contributed by atoms with van der Waals surface area (Å²) in [6.45, 7) is 2.87. The van der Waals surface area contributed by atoms with Gasteiger partial charge in [-0.15, -0.1) is 0 Å². The summed E-state index contributed by atoms with van der Waals surface area (Å²) < 4.78 is 0. The Hall–Kier alpha value is -3.26. The van der Waals surface area contributed by atoms with Crippen molar-refractivity contribution >= 4 is 63.8 Å². The molecule has 0 aromatic heterocycles. The minimum absolute atomic E-state index is 0.0286. The number of nitrogens with zero attached hydrogens (tertiary/aromatic N) is 3. The van der Waals surface area contributed by atoms with Crippen molar-refractivity contribution in [2.75, 3.05) is 31.1 Å². The molecule has 3 aromatic carbocycles. The predicted molar refractivity (Wildman–Crippen MR) is 149 cm³/mol. The van der Waals surface area contributed by atoms with Crippen LogP contribution in [0.25, 0.3) is 6.08 Å². The molecule has 6 nitrogen and oxygen atoms in total. The summed E-state index contributed by atoms with van der Waals surface area (Å²) in [4.78, 5) is 44.0. The summed E-state index contributed by atoms with van der Waals surface area (Å²) in [7, 11) is 0. The average molecular weight is 552 g/mol. The van der Waals surface area contributed by atoms with Crippen LogP contribution < -0.4 is 4.90 Å². The molecule has 0 saturated carbocycles. The van der Waals surface area contributed by atoms with Crippen LogP contribution in [-0.2, 0) is 11.3 Å². The monoisotopic (exact) mass is 551 g/mol. The van der Waals surface area contributed by atoms with Gasteiger partial charge in [0.2, 0.25) is 0 Å². The quantitative estimate of drug-likeness (QED) is 0.353. The van der Waals surface area contributed by atoms with Crippen LogP contribution in [-0.4, -0.2) is 53.0 Å². The molecule has 2 saturated heterocycles. The lowest BCUT2D eigenvalue weighted by Crippen LogP contribution is -2.48. The van der Waals surface area contributed by atoms with Gasteiger partial charge in [0.05, 0.1) is 11.4 Å². The van der Waals surface area contributed by atoms with Gasteiger partial charge in [0.15, 0.2) is 0 Å². The molecule has 0 N–H and O–H groups in total. The number of carbonyl (C=O) groups is 3. The molecule has 3 amide bonds. The van der Waals surface area contributed by atoms with Crippen LogP contribution in [0.4, 0.5) is 10.5 Å². The van der Waals surface area contributed by atoms with E-state index >= 15 is 0 Å². The molecule has 0 aliphatic carbocycles. The summed E-state index contributed by atoms with van der Waals surface area (Å²) in [5, 5.41) is 0.930. The van der Waals surface area contributed by atoms with Crippen LogP contribution in [0.15, 0.2) is 77.7 Å². The SMILES string of the molecule is O=C(c1ccc(/C=C2\SC(=O)N(Cc3cccc(Cl)c3)C2=O)cc1)N1CCN(c2cccc(Cl)c2)CC1. The van der Waals surface area contributed by atoms with Crippen molar-refractivity contribution in [1.82, 2.24) is 9.80 Å². The van der Waals surface area contributed by atoms with E-state index in [4.69, 9.17) is 23.2 Å². The van der Waals surface area contributed by atoms with E-state index in [1.807, 2.05) is 35.2 Å². The lowest BCUT2D eigenvalue weighted by atomic mass is 10.1. The zero-order valence-electron chi connectivity index (χ0n) is 19.8. The summed E-state index contributed by atoms with van der Waals surface area (Å²) in [6, 6.07) is 21.9. The normalized spacial score (nSPS) is 17.1. The van der Waals surface area contributed by atoms with Crippen LogP contribution in [0.5, 0.6) is 0 Å². The molecule has 0 bridgehead atoms. The molecule has 2 aliphatic heterocycles. The first kappa shape index (κ1) is 25.4. The highest BCUT2D eigenvalue weighted by Crippen LogP contribution is 2.33. The van der Waals surface area contributed by atoms with Gasteiger partial charge in [-0.1, -0.05) is 53.5 Å². The van der Waals surface area contributed by atoms with Crippen molar-refractivity contribution in [3.8, 4) is 0 Å². The van der Waals surface area contributed by atoms with Crippen molar-refractivity contribution < 1.29 is 14.4 Å². The van der Waals surface area contributed by atoms with Gasteiger partial charge in [-0.05, 0) is 71.4 Å². The van der Waals surface area contributed by atoms with Gasteiger partial charge < -0.3 is 9.80 Å². The number of anilines is 1. The Labute approximate surface area is 229 Å². The van der Waals surface area contributed by atoms with Gasteiger partial charge in [-0.2, -0.15) is 0 Å². The fraction of sp³-hybridized carbons (Fsp3) is 0.179. The molecule has 3 aromatic rings. The van der Waals surface area contributed by atoms with Gasteiger partial charge in [0, 0.05) is 47.5 Å². The van der Waals surface area contributed by atoms with E-state index in [1.54, 1.807) is 48.5 Å². The molecule has 9 heteroatoms. The molecular weight excluding hydrogens is 529 g/mol. The third kappa shape index (κ3) is 5.85. The number of thioether (sulfide) groups is 1. The molecule has 2 heterocycles. The third-order valence-corrected chi connectivity index (χ3v) is 7.68. The molecule has 0 atom stereocenters. The lowest BCUT2D eigenvalue weighted by molar-refractivity contribution is -0.123. The van der Waals surface area contributed by atoms with Crippen LogP contribution in [0.3, 0.4) is 0 Å². The van der Waals surface area contributed by atoms with E-state index < -0.39 is 0 Å². The highest BCUT2D eigenvalue weighted by molar-refractivity contribution is 8.18. The number of amides is 3. The van der Waals surface area contributed by atoms with Crippen LogP contribution in [0.2, 0.25) is 10.0 Å². The second-order valence-electron chi connectivity index (χ2n) is 8.78. The summed E-state index contributed by atoms with van der Waals surface area (Å²) in [5.74, 6) is -0.369. The zero-order valence-corrected chi connectivity index (χ0v) is 22.1. The Balaban J connectivity index is 1.21. The third-order valence-electron chi connectivity index (χ3n) is 6.30. The van der Waals surface area contributed by atoms with E-state index in [1.165, 1.54) is 4.90 Å². The molecule has 188 valence electrons. The van der Waals surface area contributed by atoms with Crippen LogP contribution >= 0.6 is 35.0 Å². The predicted octanol–water partition coefficient (Wildman–Crippen LogP) is 6.19. The fourth-order valence-corrected chi connectivity index (χ4v) is 5.59. The molecule has 2 fully saturated rings. The fourth-order valence-electron chi connectivity index (χ4n) is 4.35. The van der Waals surface area contributed by atoms with Crippen molar-refractivity contribution in [1.29, 1.82) is 0 Å². The number of imide groups is 1. The van der Waals surface area contributed by atoms with E-state index in [0.29, 0.717) is 33.6 Å². The number of piperazine rings is 1. The first-order valence-electron chi connectivity index (χ1n) is 11.8. The number of carbonyl (C=O) groups excluding carboxylic acids is 3. The number of hydrogen-bond acceptors (Lipinski definition) is 5. The average Bonchev–Trinajstić information content (AvgIpc) is 3.16. The van der Waals surface area contributed by atoms with Gasteiger partial charge in [-0.3, -0.25) is 19.3 Å². The molecule has 0 unspecified atom stereocenters. The Morgan fingerprint density at radius 1 is 0.865 bits per heavy atom. The van der Waals surface area contributed by atoms with Crippen molar-refractivity contribution in [3.63, 3.8) is 0 Å². The minimum atomic E-state index is -0.340. The number of hydrogen-bond donors (Lipinski definition) is 0. The highest BCUT2D eigenvalue weighted by Gasteiger charge is 2.35. The second-order valence-corrected chi connectivity index (χ2v) is 10.6. The van der Waals surface area contributed by atoms with Gasteiger partial charge in [-0.25, -0.2) is 0 Å². The first-order chi connectivity index (χ1) is 17.9. The molecule has 0 radical (unpaired) electrons.